The minimum atomic E-state index is -1.06. The second-order valence-electron chi connectivity index (χ2n) is 4.27. The highest BCUT2D eigenvalue weighted by molar-refractivity contribution is 6.32. The molecule has 1 atom stereocenters. The van der Waals surface area contributed by atoms with Gasteiger partial charge in [-0.1, -0.05) is 23.7 Å². The van der Waals surface area contributed by atoms with Gasteiger partial charge in [-0.3, -0.25) is 0 Å². The van der Waals surface area contributed by atoms with E-state index in [4.69, 9.17) is 21.4 Å². The van der Waals surface area contributed by atoms with Crippen molar-refractivity contribution in [3.05, 3.63) is 46.7 Å². The number of benzene rings is 1. The number of nitrogens with one attached hydrogen (secondary N) is 1. The first-order chi connectivity index (χ1) is 9.65. The van der Waals surface area contributed by atoms with Gasteiger partial charge in [0.2, 0.25) is 5.95 Å². The predicted octanol–water partition coefficient (Wildman–Crippen LogP) is 2.37. The van der Waals surface area contributed by atoms with E-state index in [1.807, 2.05) is 12.1 Å². The maximum Gasteiger partial charge on any atom is 0.338 e. The number of hydrogen-bond acceptors (Lipinski definition) is 5. The monoisotopic (exact) mass is 291 g/mol. The fourth-order valence-electron chi connectivity index (χ4n) is 2.00. The SMILES string of the molecule is O=C(O)c1cnc(NC2COc3c(Cl)cccc32)nc1. The topological polar surface area (TPSA) is 84.3 Å². The molecule has 20 heavy (non-hydrogen) atoms. The van der Waals surface area contributed by atoms with Gasteiger partial charge in [0.05, 0.1) is 16.6 Å². The zero-order valence-corrected chi connectivity index (χ0v) is 11.0. The van der Waals surface area contributed by atoms with Crippen molar-refractivity contribution in [1.82, 2.24) is 9.97 Å². The maximum absolute atomic E-state index is 10.7. The third-order valence-electron chi connectivity index (χ3n) is 2.97. The van der Waals surface area contributed by atoms with E-state index in [2.05, 4.69) is 15.3 Å². The molecule has 6 nitrogen and oxygen atoms in total. The van der Waals surface area contributed by atoms with Crippen molar-refractivity contribution in [2.24, 2.45) is 0 Å². The quantitative estimate of drug-likeness (QED) is 0.903. The van der Waals surface area contributed by atoms with Crippen LogP contribution < -0.4 is 10.1 Å². The molecular formula is C13H10ClN3O3. The van der Waals surface area contributed by atoms with Crippen molar-refractivity contribution in [3.63, 3.8) is 0 Å². The van der Waals surface area contributed by atoms with Gasteiger partial charge in [0.25, 0.3) is 0 Å². The molecule has 2 aromatic rings. The van der Waals surface area contributed by atoms with Crippen LogP contribution in [-0.2, 0) is 0 Å². The second kappa shape index (κ2) is 4.97. The Morgan fingerprint density at radius 2 is 2.15 bits per heavy atom. The van der Waals surface area contributed by atoms with Gasteiger partial charge in [0.1, 0.15) is 12.4 Å². The molecule has 1 unspecified atom stereocenters. The maximum atomic E-state index is 10.7. The van der Waals surface area contributed by atoms with E-state index in [0.717, 1.165) is 5.56 Å². The molecule has 0 fully saturated rings. The number of anilines is 1. The minimum Gasteiger partial charge on any atom is -0.489 e. The normalized spacial score (nSPS) is 16.4. The van der Waals surface area contributed by atoms with Crippen LogP contribution in [0.5, 0.6) is 5.75 Å². The molecule has 0 radical (unpaired) electrons. The van der Waals surface area contributed by atoms with Crippen molar-refractivity contribution in [3.8, 4) is 5.75 Å². The van der Waals surface area contributed by atoms with Crippen molar-refractivity contribution >= 4 is 23.5 Å². The van der Waals surface area contributed by atoms with Crippen LogP contribution in [0, 0.1) is 0 Å². The Bertz CT molecular complexity index is 660. The lowest BCUT2D eigenvalue weighted by Crippen LogP contribution is -2.14. The summed E-state index contributed by atoms with van der Waals surface area (Å²) in [5, 5.41) is 12.4. The summed E-state index contributed by atoms with van der Waals surface area (Å²) in [5.41, 5.74) is 0.977. The number of para-hydroxylation sites is 1. The summed E-state index contributed by atoms with van der Waals surface area (Å²) < 4.78 is 5.53. The van der Waals surface area contributed by atoms with Crippen LogP contribution in [0.1, 0.15) is 22.0 Å². The lowest BCUT2D eigenvalue weighted by Gasteiger charge is -2.11. The van der Waals surface area contributed by atoms with E-state index >= 15 is 0 Å². The summed E-state index contributed by atoms with van der Waals surface area (Å²) in [6.45, 7) is 0.420. The summed E-state index contributed by atoms with van der Waals surface area (Å²) in [4.78, 5) is 18.7. The van der Waals surface area contributed by atoms with Crippen molar-refractivity contribution in [1.29, 1.82) is 0 Å². The van der Waals surface area contributed by atoms with Crippen LogP contribution >= 0.6 is 11.6 Å². The van der Waals surface area contributed by atoms with Crippen LogP contribution in [-0.4, -0.2) is 27.7 Å². The van der Waals surface area contributed by atoms with Crippen molar-refractivity contribution in [2.45, 2.75) is 6.04 Å². The van der Waals surface area contributed by atoms with E-state index in [-0.39, 0.29) is 11.6 Å². The van der Waals surface area contributed by atoms with E-state index < -0.39 is 5.97 Å². The zero-order valence-electron chi connectivity index (χ0n) is 10.2. The van der Waals surface area contributed by atoms with Gasteiger partial charge in [-0.25, -0.2) is 14.8 Å². The van der Waals surface area contributed by atoms with E-state index in [0.29, 0.717) is 23.3 Å². The third kappa shape index (κ3) is 2.25. The Morgan fingerprint density at radius 3 is 2.85 bits per heavy atom. The Balaban J connectivity index is 1.80. The standard InChI is InChI=1S/C13H10ClN3O3/c14-9-3-1-2-8-10(6-20-11(8)9)17-13-15-4-7(5-16-13)12(18)19/h1-5,10H,6H2,(H,18,19)(H,15,16,17). The Morgan fingerprint density at radius 1 is 1.40 bits per heavy atom. The number of hydrogen-bond donors (Lipinski definition) is 2. The molecule has 1 aromatic heterocycles. The smallest absolute Gasteiger partial charge is 0.338 e. The number of aromatic nitrogens is 2. The molecule has 0 aliphatic carbocycles. The minimum absolute atomic E-state index is 0.0432. The van der Waals surface area contributed by atoms with Crippen LogP contribution in [0.3, 0.4) is 0 Å². The summed E-state index contributed by atoms with van der Waals surface area (Å²) in [7, 11) is 0. The summed E-state index contributed by atoms with van der Waals surface area (Å²) >= 11 is 6.04. The second-order valence-corrected chi connectivity index (χ2v) is 4.67. The number of halogens is 1. The number of carboxylic acids is 1. The number of nitrogens with zero attached hydrogens (tertiary/aromatic N) is 2. The van der Waals surface area contributed by atoms with E-state index in [1.54, 1.807) is 6.07 Å². The van der Waals surface area contributed by atoms with Crippen LogP contribution in [0.15, 0.2) is 30.6 Å². The summed E-state index contributed by atoms with van der Waals surface area (Å²) in [6.07, 6.45) is 2.51. The van der Waals surface area contributed by atoms with Crippen LogP contribution in [0.25, 0.3) is 0 Å². The Kier molecular flexibility index (Phi) is 3.15. The number of ether oxygens (including phenoxy) is 1. The number of aromatic carboxylic acids is 1. The Labute approximate surface area is 119 Å². The number of carbonyl (C=O) groups is 1. The molecule has 0 bridgehead atoms. The van der Waals surface area contributed by atoms with Crippen LogP contribution in [0.4, 0.5) is 5.95 Å². The lowest BCUT2D eigenvalue weighted by molar-refractivity contribution is 0.0696. The van der Waals surface area contributed by atoms with Gasteiger partial charge in [0, 0.05) is 18.0 Å². The van der Waals surface area contributed by atoms with Gasteiger partial charge in [-0.05, 0) is 6.07 Å². The highest BCUT2D eigenvalue weighted by Crippen LogP contribution is 2.39. The average Bonchev–Trinajstić information content (AvgIpc) is 2.84. The average molecular weight is 292 g/mol. The summed E-state index contributed by atoms with van der Waals surface area (Å²) in [5.74, 6) is -0.0527. The molecule has 0 saturated carbocycles. The van der Waals surface area contributed by atoms with Crippen molar-refractivity contribution < 1.29 is 14.6 Å². The first-order valence-electron chi connectivity index (χ1n) is 5.88. The number of fused-ring (bicyclic) bond motifs is 1. The lowest BCUT2D eigenvalue weighted by atomic mass is 10.1. The molecule has 7 heteroatoms. The highest BCUT2D eigenvalue weighted by Gasteiger charge is 2.26. The highest BCUT2D eigenvalue weighted by atomic mass is 35.5. The van der Waals surface area contributed by atoms with Gasteiger partial charge in [0.15, 0.2) is 0 Å². The molecule has 102 valence electrons. The Hall–Kier alpha value is -2.34. The van der Waals surface area contributed by atoms with Gasteiger partial charge in [-0.2, -0.15) is 0 Å². The van der Waals surface area contributed by atoms with Gasteiger partial charge >= 0.3 is 5.97 Å². The number of carboxylic acid groups (broad SMARTS) is 1. The van der Waals surface area contributed by atoms with E-state index in [9.17, 15) is 4.79 Å². The molecule has 2 heterocycles. The molecule has 0 amide bonds. The van der Waals surface area contributed by atoms with Crippen molar-refractivity contribution in [2.75, 3.05) is 11.9 Å². The predicted molar refractivity (Wildman–Crippen MR) is 72.3 cm³/mol. The molecule has 2 N–H and O–H groups in total. The third-order valence-corrected chi connectivity index (χ3v) is 3.27. The largest absolute Gasteiger partial charge is 0.489 e. The first kappa shape index (κ1) is 12.7. The molecule has 0 spiro atoms. The molecule has 1 aromatic carbocycles. The fraction of sp³-hybridized carbons (Fsp3) is 0.154. The summed E-state index contributed by atoms with van der Waals surface area (Å²) in [6, 6.07) is 5.41. The van der Waals surface area contributed by atoms with Gasteiger partial charge in [-0.15, -0.1) is 0 Å². The molecule has 0 saturated heterocycles. The fourth-order valence-corrected chi connectivity index (χ4v) is 2.23. The van der Waals surface area contributed by atoms with Gasteiger partial charge < -0.3 is 15.2 Å². The zero-order chi connectivity index (χ0) is 14.1. The molecule has 1 aliphatic heterocycles. The van der Waals surface area contributed by atoms with Crippen LogP contribution in [0.2, 0.25) is 5.02 Å². The first-order valence-corrected chi connectivity index (χ1v) is 6.26. The number of rotatable bonds is 3. The molecule has 3 rings (SSSR count). The molecule has 1 aliphatic rings. The van der Waals surface area contributed by atoms with E-state index in [1.165, 1.54) is 12.4 Å². The molecular weight excluding hydrogens is 282 g/mol.